The first-order valence-electron chi connectivity index (χ1n) is 9.48. The molecule has 0 bridgehead atoms. The van der Waals surface area contributed by atoms with Crippen LogP contribution in [0.25, 0.3) is 10.8 Å². The number of nitrogens with one attached hydrogen (secondary N) is 1. The van der Waals surface area contributed by atoms with E-state index in [0.717, 1.165) is 26.3 Å². The fourth-order valence-electron chi connectivity index (χ4n) is 3.05. The number of benzene rings is 4. The highest BCUT2D eigenvalue weighted by molar-refractivity contribution is 7.99. The maximum absolute atomic E-state index is 12.8. The van der Waals surface area contributed by atoms with Crippen molar-refractivity contribution in [1.29, 1.82) is 0 Å². The number of hydrogen-bond acceptors (Lipinski definition) is 3. The van der Waals surface area contributed by atoms with Crippen molar-refractivity contribution in [1.82, 2.24) is 0 Å². The lowest BCUT2D eigenvalue weighted by molar-refractivity contribution is -0.122. The molecule has 4 rings (SSSR count). The predicted octanol–water partition coefficient (Wildman–Crippen LogP) is 6.40. The molecule has 4 heteroatoms. The van der Waals surface area contributed by atoms with E-state index in [1.807, 2.05) is 84.9 Å². The van der Waals surface area contributed by atoms with Crippen LogP contribution in [0.4, 0.5) is 5.69 Å². The van der Waals surface area contributed by atoms with E-state index in [1.54, 1.807) is 18.7 Å². The molecule has 0 fully saturated rings. The number of anilines is 1. The van der Waals surface area contributed by atoms with Crippen LogP contribution >= 0.6 is 11.8 Å². The lowest BCUT2D eigenvalue weighted by atomic mass is 10.1. The summed E-state index contributed by atoms with van der Waals surface area (Å²) in [6, 6.07) is 31.8. The Morgan fingerprint density at radius 1 is 0.828 bits per heavy atom. The highest BCUT2D eigenvalue weighted by Crippen LogP contribution is 2.33. The third-order valence-electron chi connectivity index (χ3n) is 4.54. The van der Waals surface area contributed by atoms with Gasteiger partial charge in [0.1, 0.15) is 5.75 Å². The van der Waals surface area contributed by atoms with Gasteiger partial charge in [0.25, 0.3) is 5.91 Å². The summed E-state index contributed by atoms with van der Waals surface area (Å²) in [4.78, 5) is 14.9. The van der Waals surface area contributed by atoms with E-state index in [4.69, 9.17) is 4.74 Å². The lowest BCUT2D eigenvalue weighted by Crippen LogP contribution is -2.30. The van der Waals surface area contributed by atoms with Gasteiger partial charge in [-0.05, 0) is 42.6 Å². The van der Waals surface area contributed by atoms with Gasteiger partial charge in [-0.2, -0.15) is 0 Å². The topological polar surface area (TPSA) is 38.3 Å². The van der Waals surface area contributed by atoms with Crippen molar-refractivity contribution in [3.8, 4) is 5.75 Å². The van der Waals surface area contributed by atoms with E-state index in [2.05, 4.69) is 17.4 Å². The molecule has 1 atom stereocenters. The molecule has 0 aliphatic rings. The van der Waals surface area contributed by atoms with Gasteiger partial charge in [-0.3, -0.25) is 4.79 Å². The molecule has 3 nitrogen and oxygen atoms in total. The van der Waals surface area contributed by atoms with Gasteiger partial charge in [-0.15, -0.1) is 0 Å². The van der Waals surface area contributed by atoms with Crippen molar-refractivity contribution < 1.29 is 9.53 Å². The number of rotatable bonds is 6. The summed E-state index contributed by atoms with van der Waals surface area (Å²) in [5.41, 5.74) is 0.778. The number of carbonyl (C=O) groups excluding carboxylic acids is 1. The molecule has 0 saturated carbocycles. The third kappa shape index (κ3) is 4.61. The molecule has 1 N–H and O–H groups in total. The molecular formula is C25H21NO2S. The zero-order valence-corrected chi connectivity index (χ0v) is 16.9. The first kappa shape index (κ1) is 19.1. The van der Waals surface area contributed by atoms with Crippen LogP contribution in [0.1, 0.15) is 6.92 Å². The van der Waals surface area contributed by atoms with Crippen molar-refractivity contribution in [2.24, 2.45) is 0 Å². The number of ether oxygens (including phenoxy) is 1. The Balaban J connectivity index is 1.49. The second-order valence-electron chi connectivity index (χ2n) is 6.64. The second kappa shape index (κ2) is 8.84. The van der Waals surface area contributed by atoms with Gasteiger partial charge in [-0.25, -0.2) is 0 Å². The fraction of sp³-hybridized carbons (Fsp3) is 0.0800. The number of amides is 1. The standard InChI is InChI=1S/C25H21NO2S/c1-18(28-23-16-9-11-19-10-5-6-14-21(19)23)25(27)26-22-15-7-8-17-24(22)29-20-12-3-2-4-13-20/h2-18H,1H3,(H,26,27). The zero-order valence-electron chi connectivity index (χ0n) is 16.0. The number of hydrogen-bond donors (Lipinski definition) is 1. The van der Waals surface area contributed by atoms with E-state index >= 15 is 0 Å². The normalized spacial score (nSPS) is 11.8. The van der Waals surface area contributed by atoms with E-state index in [0.29, 0.717) is 5.75 Å². The molecular weight excluding hydrogens is 378 g/mol. The average molecular weight is 400 g/mol. The van der Waals surface area contributed by atoms with E-state index in [-0.39, 0.29) is 5.91 Å². The Morgan fingerprint density at radius 3 is 2.38 bits per heavy atom. The fourth-order valence-corrected chi connectivity index (χ4v) is 3.97. The minimum Gasteiger partial charge on any atom is -0.480 e. The van der Waals surface area contributed by atoms with Crippen molar-refractivity contribution in [3.63, 3.8) is 0 Å². The minimum atomic E-state index is -0.629. The SMILES string of the molecule is CC(Oc1cccc2ccccc12)C(=O)Nc1ccccc1Sc1ccccc1. The van der Waals surface area contributed by atoms with E-state index in [1.165, 1.54) is 0 Å². The second-order valence-corrected chi connectivity index (χ2v) is 7.75. The van der Waals surface area contributed by atoms with Crippen LogP contribution in [0, 0.1) is 0 Å². The van der Waals surface area contributed by atoms with Crippen LogP contribution < -0.4 is 10.1 Å². The monoisotopic (exact) mass is 399 g/mol. The maximum atomic E-state index is 12.8. The third-order valence-corrected chi connectivity index (χ3v) is 5.62. The maximum Gasteiger partial charge on any atom is 0.265 e. The molecule has 0 spiro atoms. The summed E-state index contributed by atoms with van der Waals surface area (Å²) >= 11 is 1.62. The number of para-hydroxylation sites is 1. The van der Waals surface area contributed by atoms with Crippen molar-refractivity contribution >= 4 is 34.1 Å². The summed E-state index contributed by atoms with van der Waals surface area (Å²) in [7, 11) is 0. The average Bonchev–Trinajstić information content (AvgIpc) is 2.76. The van der Waals surface area contributed by atoms with Gasteiger partial charge < -0.3 is 10.1 Å². The first-order valence-corrected chi connectivity index (χ1v) is 10.3. The van der Waals surface area contributed by atoms with Gasteiger partial charge in [0, 0.05) is 15.2 Å². The first-order chi connectivity index (χ1) is 14.2. The molecule has 0 aliphatic carbocycles. The Kier molecular flexibility index (Phi) is 5.82. The molecule has 4 aromatic carbocycles. The molecule has 0 aliphatic heterocycles. The summed E-state index contributed by atoms with van der Waals surface area (Å²) in [6.45, 7) is 1.77. The van der Waals surface area contributed by atoms with Crippen LogP contribution in [0.3, 0.4) is 0 Å². The molecule has 0 radical (unpaired) electrons. The Bertz CT molecular complexity index is 1120. The van der Waals surface area contributed by atoms with Crippen molar-refractivity contribution in [2.75, 3.05) is 5.32 Å². The molecule has 0 heterocycles. The number of fused-ring (bicyclic) bond motifs is 1. The van der Waals surface area contributed by atoms with Gasteiger partial charge >= 0.3 is 0 Å². The molecule has 0 aromatic heterocycles. The highest BCUT2D eigenvalue weighted by Gasteiger charge is 2.17. The molecule has 29 heavy (non-hydrogen) atoms. The number of carbonyl (C=O) groups is 1. The molecule has 0 saturated heterocycles. The van der Waals surface area contributed by atoms with Crippen LogP contribution in [-0.2, 0) is 4.79 Å². The summed E-state index contributed by atoms with van der Waals surface area (Å²) in [5.74, 6) is 0.525. The van der Waals surface area contributed by atoms with Crippen LogP contribution in [0.5, 0.6) is 5.75 Å². The molecule has 1 unspecified atom stereocenters. The van der Waals surface area contributed by atoms with E-state index in [9.17, 15) is 4.79 Å². The van der Waals surface area contributed by atoms with Crippen LogP contribution in [0.15, 0.2) is 107 Å². The zero-order chi connectivity index (χ0) is 20.1. The summed E-state index contributed by atoms with van der Waals surface area (Å²) in [6.07, 6.45) is -0.629. The molecule has 4 aromatic rings. The largest absolute Gasteiger partial charge is 0.480 e. The van der Waals surface area contributed by atoms with Gasteiger partial charge in [0.15, 0.2) is 6.10 Å². The van der Waals surface area contributed by atoms with Crippen LogP contribution in [0.2, 0.25) is 0 Å². The van der Waals surface area contributed by atoms with Crippen molar-refractivity contribution in [2.45, 2.75) is 22.8 Å². The lowest BCUT2D eigenvalue weighted by Gasteiger charge is -2.17. The quantitative estimate of drug-likeness (QED) is 0.408. The Hall–Kier alpha value is -3.24. The van der Waals surface area contributed by atoms with Gasteiger partial charge in [0.2, 0.25) is 0 Å². The summed E-state index contributed by atoms with van der Waals surface area (Å²) < 4.78 is 6.00. The predicted molar refractivity (Wildman–Crippen MR) is 120 cm³/mol. The highest BCUT2D eigenvalue weighted by atomic mass is 32.2. The molecule has 1 amide bonds. The van der Waals surface area contributed by atoms with Crippen molar-refractivity contribution in [3.05, 3.63) is 97.1 Å². The van der Waals surface area contributed by atoms with E-state index < -0.39 is 6.10 Å². The minimum absolute atomic E-state index is 0.181. The Morgan fingerprint density at radius 2 is 1.52 bits per heavy atom. The Labute approximate surface area is 174 Å². The molecule has 144 valence electrons. The van der Waals surface area contributed by atoms with Gasteiger partial charge in [-0.1, -0.05) is 78.5 Å². The smallest absolute Gasteiger partial charge is 0.265 e. The van der Waals surface area contributed by atoms with Gasteiger partial charge in [0.05, 0.1) is 5.69 Å². The van der Waals surface area contributed by atoms with Crippen LogP contribution in [-0.4, -0.2) is 12.0 Å². The summed E-state index contributed by atoms with van der Waals surface area (Å²) in [5, 5.41) is 5.09.